The molecular weight excluding hydrogens is 234 g/mol. The maximum absolute atomic E-state index is 9.95. The van der Waals surface area contributed by atoms with Gasteiger partial charge in [0.2, 0.25) is 0 Å². The molecule has 1 aliphatic rings. The first-order valence-electron chi connectivity index (χ1n) is 5.99. The second-order valence-corrected chi connectivity index (χ2v) is 5.22. The number of aliphatic hydroxyl groups is 1. The van der Waals surface area contributed by atoms with Crippen molar-refractivity contribution >= 4 is 11.8 Å². The molecule has 0 radical (unpaired) electrons. The van der Waals surface area contributed by atoms with Gasteiger partial charge in [0.05, 0.1) is 11.1 Å². The maximum atomic E-state index is 9.95. The number of nitrogens with zero attached hydrogens (tertiary/aromatic N) is 2. The van der Waals surface area contributed by atoms with Crippen molar-refractivity contribution in [2.45, 2.75) is 11.1 Å². The molecule has 17 heavy (non-hydrogen) atoms. The third kappa shape index (κ3) is 4.63. The average molecular weight is 253 g/mol. The van der Waals surface area contributed by atoms with Gasteiger partial charge >= 0.3 is 0 Å². The number of thioether (sulfide) groups is 1. The molecule has 0 aromatic carbocycles. The van der Waals surface area contributed by atoms with E-state index in [1.165, 1.54) is 0 Å². The summed E-state index contributed by atoms with van der Waals surface area (Å²) < 4.78 is 0. The van der Waals surface area contributed by atoms with Crippen LogP contribution in [0.15, 0.2) is 29.4 Å². The lowest BCUT2D eigenvalue weighted by atomic mass is 10.3. The molecule has 0 saturated carbocycles. The van der Waals surface area contributed by atoms with Gasteiger partial charge in [-0.05, 0) is 12.1 Å². The van der Waals surface area contributed by atoms with Gasteiger partial charge in [0.1, 0.15) is 0 Å². The second kappa shape index (κ2) is 6.96. The van der Waals surface area contributed by atoms with Crippen LogP contribution in [-0.2, 0) is 0 Å². The number of piperazine rings is 1. The molecule has 1 atom stereocenters. The van der Waals surface area contributed by atoms with Gasteiger partial charge in [-0.3, -0.25) is 4.90 Å². The molecule has 94 valence electrons. The number of rotatable bonds is 5. The number of aromatic nitrogens is 1. The van der Waals surface area contributed by atoms with Crippen molar-refractivity contribution in [1.29, 1.82) is 0 Å². The molecule has 1 unspecified atom stereocenters. The van der Waals surface area contributed by atoms with Crippen LogP contribution < -0.4 is 5.32 Å². The third-order valence-electron chi connectivity index (χ3n) is 2.74. The summed E-state index contributed by atoms with van der Waals surface area (Å²) >= 11 is 1.61. The number of aliphatic hydroxyl groups excluding tert-OH is 1. The first kappa shape index (κ1) is 12.8. The zero-order valence-corrected chi connectivity index (χ0v) is 10.7. The van der Waals surface area contributed by atoms with E-state index < -0.39 is 0 Å². The van der Waals surface area contributed by atoms with E-state index in [0.29, 0.717) is 5.75 Å². The molecule has 0 bridgehead atoms. The Labute approximate surface area is 106 Å². The number of β-amino-alcohol motifs (C(OH)–C–C–N with tert-alkyl or cyclic N) is 1. The van der Waals surface area contributed by atoms with Crippen LogP contribution in [0.25, 0.3) is 0 Å². The molecule has 0 spiro atoms. The lowest BCUT2D eigenvalue weighted by Crippen LogP contribution is -2.46. The van der Waals surface area contributed by atoms with Crippen LogP contribution in [0.2, 0.25) is 0 Å². The summed E-state index contributed by atoms with van der Waals surface area (Å²) in [6, 6.07) is 5.85. The van der Waals surface area contributed by atoms with Crippen molar-refractivity contribution in [2.75, 3.05) is 38.5 Å². The third-order valence-corrected chi connectivity index (χ3v) is 3.83. The highest BCUT2D eigenvalue weighted by Crippen LogP contribution is 2.15. The summed E-state index contributed by atoms with van der Waals surface area (Å²) in [7, 11) is 0. The second-order valence-electron chi connectivity index (χ2n) is 4.18. The lowest BCUT2D eigenvalue weighted by molar-refractivity contribution is 0.121. The van der Waals surface area contributed by atoms with E-state index in [1.54, 1.807) is 18.0 Å². The van der Waals surface area contributed by atoms with Gasteiger partial charge < -0.3 is 10.4 Å². The smallest absolute Gasteiger partial charge is 0.0960 e. The number of hydrogen-bond donors (Lipinski definition) is 2. The highest BCUT2D eigenvalue weighted by atomic mass is 32.2. The largest absolute Gasteiger partial charge is 0.391 e. The minimum absolute atomic E-state index is 0.278. The topological polar surface area (TPSA) is 48.4 Å². The Hall–Kier alpha value is -0.620. The van der Waals surface area contributed by atoms with E-state index in [-0.39, 0.29) is 6.10 Å². The SMILES string of the molecule is OC(CSc1ccccn1)CN1CCNCC1. The number of hydrogen-bond acceptors (Lipinski definition) is 5. The molecule has 1 saturated heterocycles. The first-order chi connectivity index (χ1) is 8.34. The van der Waals surface area contributed by atoms with Crippen LogP contribution in [0.5, 0.6) is 0 Å². The molecule has 4 nitrogen and oxygen atoms in total. The molecular formula is C12H19N3OS. The Morgan fingerprint density at radius 1 is 1.41 bits per heavy atom. The number of pyridine rings is 1. The quantitative estimate of drug-likeness (QED) is 0.746. The molecule has 2 N–H and O–H groups in total. The summed E-state index contributed by atoms with van der Waals surface area (Å²) in [4.78, 5) is 6.53. The van der Waals surface area contributed by atoms with Crippen LogP contribution in [0.3, 0.4) is 0 Å². The molecule has 1 aromatic rings. The van der Waals surface area contributed by atoms with E-state index >= 15 is 0 Å². The van der Waals surface area contributed by atoms with Gasteiger partial charge in [0.15, 0.2) is 0 Å². The van der Waals surface area contributed by atoms with Crippen molar-refractivity contribution in [2.24, 2.45) is 0 Å². The van der Waals surface area contributed by atoms with Gasteiger partial charge in [-0.2, -0.15) is 0 Å². The summed E-state index contributed by atoms with van der Waals surface area (Å²) in [6.45, 7) is 4.89. The summed E-state index contributed by atoms with van der Waals surface area (Å²) in [5.74, 6) is 0.709. The summed E-state index contributed by atoms with van der Waals surface area (Å²) in [5, 5.41) is 14.2. The predicted molar refractivity (Wildman–Crippen MR) is 70.3 cm³/mol. The Kier molecular flexibility index (Phi) is 5.25. The van der Waals surface area contributed by atoms with Crippen LogP contribution in [-0.4, -0.2) is 59.6 Å². The van der Waals surface area contributed by atoms with Crippen LogP contribution >= 0.6 is 11.8 Å². The molecule has 5 heteroatoms. The monoisotopic (exact) mass is 253 g/mol. The summed E-state index contributed by atoms with van der Waals surface area (Å²) in [5.41, 5.74) is 0. The molecule has 1 fully saturated rings. The van der Waals surface area contributed by atoms with Crippen molar-refractivity contribution in [3.8, 4) is 0 Å². The molecule has 1 aromatic heterocycles. The summed E-state index contributed by atoms with van der Waals surface area (Å²) in [6.07, 6.45) is 1.51. The minimum Gasteiger partial charge on any atom is -0.391 e. The van der Waals surface area contributed by atoms with Crippen LogP contribution in [0.1, 0.15) is 0 Å². The van der Waals surface area contributed by atoms with Gasteiger partial charge in [0.25, 0.3) is 0 Å². The Morgan fingerprint density at radius 3 is 2.94 bits per heavy atom. The Morgan fingerprint density at radius 2 is 2.24 bits per heavy atom. The van der Waals surface area contributed by atoms with Crippen LogP contribution in [0, 0.1) is 0 Å². The van der Waals surface area contributed by atoms with Crippen molar-refractivity contribution in [3.05, 3.63) is 24.4 Å². The van der Waals surface area contributed by atoms with Crippen molar-refractivity contribution < 1.29 is 5.11 Å². The van der Waals surface area contributed by atoms with E-state index in [0.717, 1.165) is 37.7 Å². The van der Waals surface area contributed by atoms with E-state index in [1.807, 2.05) is 18.2 Å². The minimum atomic E-state index is -0.278. The van der Waals surface area contributed by atoms with Gasteiger partial charge in [-0.15, -0.1) is 11.8 Å². The highest BCUT2D eigenvalue weighted by Gasteiger charge is 2.14. The van der Waals surface area contributed by atoms with E-state index in [2.05, 4.69) is 15.2 Å². The van der Waals surface area contributed by atoms with Crippen molar-refractivity contribution in [1.82, 2.24) is 15.2 Å². The van der Waals surface area contributed by atoms with E-state index in [9.17, 15) is 5.11 Å². The van der Waals surface area contributed by atoms with Gasteiger partial charge in [0, 0.05) is 44.7 Å². The lowest BCUT2D eigenvalue weighted by Gasteiger charge is -2.28. The van der Waals surface area contributed by atoms with Crippen LogP contribution in [0.4, 0.5) is 0 Å². The maximum Gasteiger partial charge on any atom is 0.0960 e. The molecule has 0 aliphatic carbocycles. The fraction of sp³-hybridized carbons (Fsp3) is 0.583. The standard InChI is InChI=1S/C12H19N3OS/c16-11(9-15-7-5-13-6-8-15)10-17-12-3-1-2-4-14-12/h1-4,11,13,16H,5-10H2. The van der Waals surface area contributed by atoms with Crippen molar-refractivity contribution in [3.63, 3.8) is 0 Å². The molecule has 2 rings (SSSR count). The number of nitrogens with one attached hydrogen (secondary N) is 1. The fourth-order valence-electron chi connectivity index (χ4n) is 1.86. The van der Waals surface area contributed by atoms with Gasteiger partial charge in [-0.25, -0.2) is 4.98 Å². The molecule has 1 aliphatic heterocycles. The Balaban J connectivity index is 1.68. The fourth-order valence-corrected chi connectivity index (χ4v) is 2.64. The highest BCUT2D eigenvalue weighted by molar-refractivity contribution is 7.99. The average Bonchev–Trinajstić information content (AvgIpc) is 2.39. The normalized spacial score (nSPS) is 19.1. The predicted octanol–water partition coefficient (Wildman–Crippen LogP) is 0.440. The molecule has 2 heterocycles. The Bertz CT molecular complexity index is 317. The molecule has 0 amide bonds. The first-order valence-corrected chi connectivity index (χ1v) is 6.98. The van der Waals surface area contributed by atoms with E-state index in [4.69, 9.17) is 0 Å². The zero-order chi connectivity index (χ0) is 11.9. The zero-order valence-electron chi connectivity index (χ0n) is 9.88. The van der Waals surface area contributed by atoms with Gasteiger partial charge in [-0.1, -0.05) is 6.07 Å².